The van der Waals surface area contributed by atoms with Gasteiger partial charge in [-0.1, -0.05) is 6.07 Å². The summed E-state index contributed by atoms with van der Waals surface area (Å²) in [6, 6.07) is 4.19. The van der Waals surface area contributed by atoms with Gasteiger partial charge in [0.25, 0.3) is 0 Å². The van der Waals surface area contributed by atoms with Crippen molar-refractivity contribution in [2.75, 3.05) is 26.2 Å². The monoisotopic (exact) mass is 508 g/mol. The SMILES string of the molecule is CCNC(=NCC(C)(O)c1cccs1)NCCC(=O)N1CCCCC1C.I. The lowest BCUT2D eigenvalue weighted by Crippen LogP contribution is -2.44. The predicted molar refractivity (Wildman–Crippen MR) is 123 cm³/mol. The number of carbonyl (C=O) groups excluding carboxylic acids is 1. The van der Waals surface area contributed by atoms with Gasteiger partial charge in [-0.15, -0.1) is 35.3 Å². The van der Waals surface area contributed by atoms with E-state index in [1.807, 2.05) is 29.3 Å². The Labute approximate surface area is 183 Å². The van der Waals surface area contributed by atoms with Crippen molar-refractivity contribution < 1.29 is 9.90 Å². The largest absolute Gasteiger partial charge is 0.383 e. The van der Waals surface area contributed by atoms with Gasteiger partial charge in [0.15, 0.2) is 5.96 Å². The van der Waals surface area contributed by atoms with Crippen molar-refractivity contribution in [3.05, 3.63) is 22.4 Å². The van der Waals surface area contributed by atoms with Crippen LogP contribution in [0.25, 0.3) is 0 Å². The van der Waals surface area contributed by atoms with Gasteiger partial charge in [0, 0.05) is 37.0 Å². The number of carbonyl (C=O) groups is 1. The first-order valence-electron chi connectivity index (χ1n) is 9.52. The summed E-state index contributed by atoms with van der Waals surface area (Å²) in [5.74, 6) is 0.829. The Hall–Kier alpha value is -0.870. The van der Waals surface area contributed by atoms with Gasteiger partial charge < -0.3 is 20.6 Å². The molecule has 2 heterocycles. The van der Waals surface area contributed by atoms with Crippen molar-refractivity contribution >= 4 is 47.2 Å². The second-order valence-electron chi connectivity index (χ2n) is 7.06. The van der Waals surface area contributed by atoms with Gasteiger partial charge >= 0.3 is 0 Å². The number of thiophene rings is 1. The summed E-state index contributed by atoms with van der Waals surface area (Å²) in [5.41, 5.74) is -0.991. The van der Waals surface area contributed by atoms with Crippen LogP contribution in [0.5, 0.6) is 0 Å². The number of piperidine rings is 1. The van der Waals surface area contributed by atoms with E-state index in [0.29, 0.717) is 25.0 Å². The first-order valence-corrected chi connectivity index (χ1v) is 10.4. The second kappa shape index (κ2) is 11.9. The Morgan fingerprint density at radius 2 is 2.22 bits per heavy atom. The normalized spacial score (nSPS) is 19.8. The highest BCUT2D eigenvalue weighted by atomic mass is 127. The van der Waals surface area contributed by atoms with E-state index in [1.54, 1.807) is 6.92 Å². The van der Waals surface area contributed by atoms with Gasteiger partial charge in [0.05, 0.1) is 6.54 Å². The predicted octanol–water partition coefficient (Wildman–Crippen LogP) is 2.92. The van der Waals surface area contributed by atoms with Crippen LogP contribution in [0.4, 0.5) is 0 Å². The van der Waals surface area contributed by atoms with E-state index in [2.05, 4.69) is 22.5 Å². The summed E-state index contributed by atoms with van der Waals surface area (Å²) in [6.45, 7) is 8.29. The molecule has 154 valence electrons. The highest BCUT2D eigenvalue weighted by molar-refractivity contribution is 14.0. The molecule has 1 saturated heterocycles. The van der Waals surface area contributed by atoms with Crippen LogP contribution in [0.3, 0.4) is 0 Å². The molecule has 2 atom stereocenters. The molecule has 0 aliphatic carbocycles. The fourth-order valence-corrected chi connectivity index (χ4v) is 3.92. The van der Waals surface area contributed by atoms with Crippen LogP contribution >= 0.6 is 35.3 Å². The molecule has 6 nitrogen and oxygen atoms in total. The lowest BCUT2D eigenvalue weighted by molar-refractivity contribution is -0.134. The number of likely N-dealkylation sites (tertiary alicyclic amines) is 1. The van der Waals surface area contributed by atoms with Gasteiger partial charge in [-0.05, 0) is 51.5 Å². The van der Waals surface area contributed by atoms with Gasteiger partial charge in [-0.3, -0.25) is 4.79 Å². The van der Waals surface area contributed by atoms with E-state index in [9.17, 15) is 9.90 Å². The highest BCUT2D eigenvalue weighted by Crippen LogP contribution is 2.25. The number of guanidine groups is 1. The smallest absolute Gasteiger partial charge is 0.224 e. The van der Waals surface area contributed by atoms with Crippen LogP contribution in [-0.4, -0.2) is 54.1 Å². The number of aliphatic hydroxyl groups is 1. The molecule has 1 aromatic heterocycles. The van der Waals surface area contributed by atoms with Crippen molar-refractivity contribution in [2.45, 2.75) is 58.1 Å². The molecule has 3 N–H and O–H groups in total. The third-order valence-corrected chi connectivity index (χ3v) is 5.82. The Balaban J connectivity index is 0.00000364. The van der Waals surface area contributed by atoms with Crippen LogP contribution in [0.1, 0.15) is 51.3 Å². The topological polar surface area (TPSA) is 77.0 Å². The number of nitrogens with zero attached hydrogens (tertiary/aromatic N) is 2. The first-order chi connectivity index (χ1) is 12.4. The van der Waals surface area contributed by atoms with Crippen molar-refractivity contribution in [3.63, 3.8) is 0 Å². The van der Waals surface area contributed by atoms with Gasteiger partial charge in [-0.25, -0.2) is 4.99 Å². The number of hydrogen-bond donors (Lipinski definition) is 3. The zero-order valence-electron chi connectivity index (χ0n) is 16.5. The molecule has 1 aliphatic heterocycles. The maximum Gasteiger partial charge on any atom is 0.224 e. The summed E-state index contributed by atoms with van der Waals surface area (Å²) in [6.07, 6.45) is 3.87. The average molecular weight is 508 g/mol. The standard InChI is InChI=1S/C19H32N4O2S.HI/c1-4-20-18(22-14-19(3,25)16-9-7-13-26-16)21-11-10-17(24)23-12-6-5-8-15(23)2;/h7,9,13,15,25H,4-6,8,10-12,14H2,1-3H3,(H2,20,21,22);1H. The minimum absolute atomic E-state index is 0. The lowest BCUT2D eigenvalue weighted by Gasteiger charge is -2.33. The Kier molecular flexibility index (Phi) is 10.6. The molecule has 0 spiro atoms. The van der Waals surface area contributed by atoms with Gasteiger partial charge in [-0.2, -0.15) is 0 Å². The number of aliphatic imine (C=N–C) groups is 1. The average Bonchev–Trinajstić information content (AvgIpc) is 3.15. The maximum atomic E-state index is 12.4. The number of amides is 1. The van der Waals surface area contributed by atoms with Crippen molar-refractivity contribution in [1.29, 1.82) is 0 Å². The van der Waals surface area contributed by atoms with Crippen molar-refractivity contribution in [3.8, 4) is 0 Å². The molecule has 8 heteroatoms. The molecule has 0 bridgehead atoms. The minimum Gasteiger partial charge on any atom is -0.383 e. The molecular formula is C19H33IN4O2S. The Morgan fingerprint density at radius 1 is 1.44 bits per heavy atom. The molecule has 1 amide bonds. The van der Waals surface area contributed by atoms with Crippen molar-refractivity contribution in [2.24, 2.45) is 4.99 Å². The van der Waals surface area contributed by atoms with Crippen LogP contribution in [-0.2, 0) is 10.4 Å². The fraction of sp³-hybridized carbons (Fsp3) is 0.684. The van der Waals surface area contributed by atoms with E-state index in [-0.39, 0.29) is 36.4 Å². The van der Waals surface area contributed by atoms with Gasteiger partial charge in [0.1, 0.15) is 5.60 Å². The third kappa shape index (κ3) is 7.57. The number of halogens is 1. The first kappa shape index (κ1) is 24.2. The zero-order chi connectivity index (χ0) is 19.0. The Bertz CT molecular complexity index is 593. The summed E-state index contributed by atoms with van der Waals surface area (Å²) in [4.78, 5) is 19.8. The summed E-state index contributed by atoms with van der Waals surface area (Å²) < 4.78 is 0. The molecule has 0 saturated carbocycles. The van der Waals surface area contributed by atoms with E-state index >= 15 is 0 Å². The molecule has 2 unspecified atom stereocenters. The molecule has 27 heavy (non-hydrogen) atoms. The van der Waals surface area contributed by atoms with Crippen molar-refractivity contribution in [1.82, 2.24) is 15.5 Å². The molecule has 1 fully saturated rings. The summed E-state index contributed by atoms with van der Waals surface area (Å²) in [5, 5.41) is 18.9. The molecule has 2 rings (SSSR count). The summed E-state index contributed by atoms with van der Waals surface area (Å²) in [7, 11) is 0. The second-order valence-corrected chi connectivity index (χ2v) is 8.00. The molecule has 1 aromatic rings. The van der Waals surface area contributed by atoms with E-state index in [4.69, 9.17) is 0 Å². The molecule has 0 aromatic carbocycles. The fourth-order valence-electron chi connectivity index (χ4n) is 3.14. The number of rotatable bonds is 7. The highest BCUT2D eigenvalue weighted by Gasteiger charge is 2.24. The Morgan fingerprint density at radius 3 is 2.85 bits per heavy atom. The maximum absolute atomic E-state index is 12.4. The van der Waals surface area contributed by atoms with Gasteiger partial charge in [0.2, 0.25) is 5.91 Å². The number of hydrogen-bond acceptors (Lipinski definition) is 4. The van der Waals surface area contributed by atoms with E-state index in [0.717, 1.165) is 30.8 Å². The van der Waals surface area contributed by atoms with Crippen LogP contribution in [0, 0.1) is 0 Å². The molecule has 1 aliphatic rings. The van der Waals surface area contributed by atoms with Crippen LogP contribution in [0.2, 0.25) is 0 Å². The molecular weight excluding hydrogens is 475 g/mol. The van der Waals surface area contributed by atoms with Crippen LogP contribution < -0.4 is 10.6 Å². The quantitative estimate of drug-likeness (QED) is 0.301. The summed E-state index contributed by atoms with van der Waals surface area (Å²) >= 11 is 1.52. The third-order valence-electron chi connectivity index (χ3n) is 4.70. The molecule has 0 radical (unpaired) electrons. The van der Waals surface area contributed by atoms with Crippen LogP contribution in [0.15, 0.2) is 22.5 Å². The number of nitrogens with one attached hydrogen (secondary N) is 2. The lowest BCUT2D eigenvalue weighted by atomic mass is 10.0. The zero-order valence-corrected chi connectivity index (χ0v) is 19.7. The van der Waals surface area contributed by atoms with E-state index in [1.165, 1.54) is 17.8 Å². The minimum atomic E-state index is -0.991. The van der Waals surface area contributed by atoms with E-state index < -0.39 is 5.60 Å².